The summed E-state index contributed by atoms with van der Waals surface area (Å²) in [5.74, 6) is 0.120. The van der Waals surface area contributed by atoms with E-state index in [1.54, 1.807) is 0 Å². The zero-order valence-corrected chi connectivity index (χ0v) is 15.7. The number of aromatic nitrogens is 2. The molecule has 7 nitrogen and oxygen atoms in total. The molecular weight excluding hydrogens is 380 g/mol. The largest absolute Gasteiger partial charge is 0.359 e. The third-order valence-corrected chi connectivity index (χ3v) is 6.61. The minimum absolute atomic E-state index is 0.0526. The molecule has 4 saturated carbocycles. The first-order chi connectivity index (χ1) is 13.9. The standard InChI is InChI=1S/C20H21F2N5O2/c21-15-2-1-14(6-16(15)22)25-18-17(27(28)29)19(24-10-23-18)26-20-7-11-3-12(8-20)5-13(4-11)9-20/h1-2,6,10-13H,3-5,7-9H2,(H2,23,24,25,26). The molecule has 1 aromatic heterocycles. The van der Waals surface area contributed by atoms with E-state index in [-0.39, 0.29) is 28.5 Å². The Morgan fingerprint density at radius 3 is 2.21 bits per heavy atom. The third-order valence-electron chi connectivity index (χ3n) is 6.61. The van der Waals surface area contributed by atoms with Crippen molar-refractivity contribution in [2.24, 2.45) is 17.8 Å². The Morgan fingerprint density at radius 1 is 1.00 bits per heavy atom. The SMILES string of the molecule is O=[N+]([O-])c1c(Nc2ccc(F)c(F)c2)ncnc1NC12CC3CC(CC(C3)C1)C2. The van der Waals surface area contributed by atoms with Gasteiger partial charge in [-0.1, -0.05) is 0 Å². The molecule has 4 aliphatic carbocycles. The van der Waals surface area contributed by atoms with Gasteiger partial charge in [0.25, 0.3) is 0 Å². The van der Waals surface area contributed by atoms with Gasteiger partial charge in [-0.25, -0.2) is 18.7 Å². The molecule has 4 bridgehead atoms. The first-order valence-electron chi connectivity index (χ1n) is 9.90. The van der Waals surface area contributed by atoms with Crippen LogP contribution in [-0.2, 0) is 0 Å². The summed E-state index contributed by atoms with van der Waals surface area (Å²) in [4.78, 5) is 19.5. The van der Waals surface area contributed by atoms with Crippen LogP contribution < -0.4 is 10.6 Å². The summed E-state index contributed by atoms with van der Waals surface area (Å²) in [5.41, 5.74) is -0.271. The van der Waals surface area contributed by atoms with Crippen molar-refractivity contribution >= 4 is 23.0 Å². The zero-order valence-electron chi connectivity index (χ0n) is 15.7. The fourth-order valence-electron chi connectivity index (χ4n) is 5.96. The summed E-state index contributed by atoms with van der Waals surface area (Å²) in [7, 11) is 0. The number of nitro groups is 1. The number of benzene rings is 1. The molecule has 0 spiro atoms. The van der Waals surface area contributed by atoms with Gasteiger partial charge in [0.1, 0.15) is 6.33 Å². The van der Waals surface area contributed by atoms with Crippen LogP contribution in [0.15, 0.2) is 24.5 Å². The fraction of sp³-hybridized carbons (Fsp3) is 0.500. The second-order valence-corrected chi connectivity index (χ2v) is 8.75. The van der Waals surface area contributed by atoms with Gasteiger partial charge in [0.2, 0.25) is 11.6 Å². The van der Waals surface area contributed by atoms with Crippen LogP contribution in [0.2, 0.25) is 0 Å². The topological polar surface area (TPSA) is 93.0 Å². The quantitative estimate of drug-likeness (QED) is 0.553. The van der Waals surface area contributed by atoms with Crippen molar-refractivity contribution in [1.29, 1.82) is 0 Å². The average Bonchev–Trinajstić information content (AvgIpc) is 2.63. The molecule has 6 rings (SSSR count). The van der Waals surface area contributed by atoms with Gasteiger partial charge in [-0.2, -0.15) is 0 Å². The van der Waals surface area contributed by atoms with Crippen LogP contribution in [0.4, 0.5) is 31.8 Å². The Bertz CT molecular complexity index is 948. The van der Waals surface area contributed by atoms with Gasteiger partial charge >= 0.3 is 5.69 Å². The summed E-state index contributed by atoms with van der Waals surface area (Å²) in [5, 5.41) is 18.0. The van der Waals surface area contributed by atoms with Gasteiger partial charge in [0.05, 0.1) is 4.92 Å². The van der Waals surface area contributed by atoms with Gasteiger partial charge < -0.3 is 10.6 Å². The highest BCUT2D eigenvalue weighted by Crippen LogP contribution is 2.57. The molecule has 9 heteroatoms. The Labute approximate surface area is 166 Å². The van der Waals surface area contributed by atoms with Crippen LogP contribution in [0.1, 0.15) is 38.5 Å². The predicted molar refractivity (Wildman–Crippen MR) is 103 cm³/mol. The van der Waals surface area contributed by atoms with Crippen LogP contribution in [0.5, 0.6) is 0 Å². The lowest BCUT2D eigenvalue weighted by Crippen LogP contribution is -2.55. The molecular formula is C20H21F2N5O2. The number of nitrogens with one attached hydrogen (secondary N) is 2. The predicted octanol–water partition coefficient (Wildman–Crippen LogP) is 4.79. The van der Waals surface area contributed by atoms with Crippen LogP contribution in [0, 0.1) is 39.5 Å². The van der Waals surface area contributed by atoms with E-state index in [1.165, 1.54) is 31.7 Å². The Kier molecular flexibility index (Phi) is 4.15. The number of anilines is 3. The highest BCUT2D eigenvalue weighted by molar-refractivity contribution is 5.74. The van der Waals surface area contributed by atoms with E-state index in [0.717, 1.165) is 31.4 Å². The maximum absolute atomic E-state index is 13.5. The van der Waals surface area contributed by atoms with E-state index in [2.05, 4.69) is 20.6 Å². The number of nitrogens with zero attached hydrogens (tertiary/aromatic N) is 3. The van der Waals surface area contributed by atoms with Crippen molar-refractivity contribution in [2.45, 2.75) is 44.1 Å². The average molecular weight is 401 g/mol. The minimum atomic E-state index is -1.04. The molecule has 0 aliphatic heterocycles. The summed E-state index contributed by atoms with van der Waals surface area (Å²) < 4.78 is 26.7. The number of hydrogen-bond donors (Lipinski definition) is 2. The van der Waals surface area contributed by atoms with E-state index in [1.807, 2.05) is 0 Å². The lowest BCUT2D eigenvalue weighted by molar-refractivity contribution is -0.383. The molecule has 0 saturated heterocycles. The van der Waals surface area contributed by atoms with E-state index < -0.39 is 16.6 Å². The molecule has 1 heterocycles. The van der Waals surface area contributed by atoms with Gasteiger partial charge in [-0.3, -0.25) is 10.1 Å². The van der Waals surface area contributed by atoms with Gasteiger partial charge in [0, 0.05) is 17.3 Å². The lowest BCUT2D eigenvalue weighted by atomic mass is 9.53. The fourth-order valence-corrected chi connectivity index (χ4v) is 5.96. The van der Waals surface area contributed by atoms with Crippen molar-refractivity contribution in [1.82, 2.24) is 9.97 Å². The second kappa shape index (κ2) is 6.60. The summed E-state index contributed by atoms with van der Waals surface area (Å²) in [6.07, 6.45) is 8.05. The summed E-state index contributed by atoms with van der Waals surface area (Å²) >= 11 is 0. The molecule has 4 fully saturated rings. The summed E-state index contributed by atoms with van der Waals surface area (Å²) in [6, 6.07) is 3.20. The smallest absolute Gasteiger partial charge is 0.353 e. The Balaban J connectivity index is 1.47. The lowest BCUT2D eigenvalue weighted by Gasteiger charge is -2.57. The maximum Gasteiger partial charge on any atom is 0.353 e. The third kappa shape index (κ3) is 3.28. The Hall–Kier alpha value is -2.84. The number of rotatable bonds is 5. The van der Waals surface area contributed by atoms with Crippen LogP contribution in [-0.4, -0.2) is 20.4 Å². The molecule has 0 amide bonds. The van der Waals surface area contributed by atoms with Crippen LogP contribution in [0.3, 0.4) is 0 Å². The van der Waals surface area contributed by atoms with E-state index in [4.69, 9.17) is 0 Å². The number of hydrogen-bond acceptors (Lipinski definition) is 6. The van der Waals surface area contributed by atoms with Gasteiger partial charge in [0.15, 0.2) is 11.6 Å². The Morgan fingerprint density at radius 2 is 1.62 bits per heavy atom. The normalized spacial score (nSPS) is 29.7. The molecule has 1 aromatic carbocycles. The minimum Gasteiger partial charge on any atom is -0.359 e. The first-order valence-corrected chi connectivity index (χ1v) is 9.90. The van der Waals surface area contributed by atoms with E-state index in [9.17, 15) is 18.9 Å². The van der Waals surface area contributed by atoms with Gasteiger partial charge in [-0.05, 0) is 68.4 Å². The molecule has 2 N–H and O–H groups in total. The molecule has 29 heavy (non-hydrogen) atoms. The van der Waals surface area contributed by atoms with Crippen molar-refractivity contribution < 1.29 is 13.7 Å². The molecule has 0 unspecified atom stereocenters. The zero-order chi connectivity index (χ0) is 20.2. The van der Waals surface area contributed by atoms with E-state index >= 15 is 0 Å². The highest BCUT2D eigenvalue weighted by Gasteiger charge is 2.51. The monoisotopic (exact) mass is 401 g/mol. The molecule has 2 aromatic rings. The second-order valence-electron chi connectivity index (χ2n) is 8.75. The molecule has 0 radical (unpaired) electrons. The van der Waals surface area contributed by atoms with Crippen molar-refractivity contribution in [3.8, 4) is 0 Å². The van der Waals surface area contributed by atoms with Crippen LogP contribution >= 0.6 is 0 Å². The van der Waals surface area contributed by atoms with Crippen molar-refractivity contribution in [2.75, 3.05) is 10.6 Å². The number of halogens is 2. The van der Waals surface area contributed by atoms with Gasteiger partial charge in [-0.15, -0.1) is 0 Å². The molecule has 0 atom stereocenters. The first kappa shape index (κ1) is 18.2. The maximum atomic E-state index is 13.5. The van der Waals surface area contributed by atoms with E-state index in [0.29, 0.717) is 17.8 Å². The molecule has 4 aliphatic rings. The summed E-state index contributed by atoms with van der Waals surface area (Å²) in [6.45, 7) is 0. The highest BCUT2D eigenvalue weighted by atomic mass is 19.2. The van der Waals surface area contributed by atoms with Crippen molar-refractivity contribution in [3.05, 3.63) is 46.3 Å². The van der Waals surface area contributed by atoms with Crippen molar-refractivity contribution in [3.63, 3.8) is 0 Å². The van der Waals surface area contributed by atoms with Crippen LogP contribution in [0.25, 0.3) is 0 Å². The molecule has 152 valence electrons.